The molecule has 0 spiro atoms. The van der Waals surface area contributed by atoms with Crippen molar-refractivity contribution in [1.29, 1.82) is 5.26 Å². The summed E-state index contributed by atoms with van der Waals surface area (Å²) in [5, 5.41) is 12.9. The van der Waals surface area contributed by atoms with Crippen molar-refractivity contribution in [3.63, 3.8) is 0 Å². The van der Waals surface area contributed by atoms with Gasteiger partial charge in [0.2, 0.25) is 0 Å². The van der Waals surface area contributed by atoms with Crippen LogP contribution in [-0.2, 0) is 4.79 Å². The van der Waals surface area contributed by atoms with E-state index in [-0.39, 0.29) is 21.8 Å². The third kappa shape index (κ3) is 5.29. The second-order valence-electron chi connectivity index (χ2n) is 7.96. The number of carbonyl (C=O) groups is 1. The summed E-state index contributed by atoms with van der Waals surface area (Å²) >= 11 is 1.11. The number of ether oxygens (including phenoxy) is 1. The predicted molar refractivity (Wildman–Crippen MR) is 142 cm³/mol. The minimum atomic E-state index is -0.541. The largest absolute Gasteiger partial charge is 0.493 e. The molecule has 180 valence electrons. The van der Waals surface area contributed by atoms with Gasteiger partial charge in [0.1, 0.15) is 16.5 Å². The maximum absolute atomic E-state index is 13.6. The van der Waals surface area contributed by atoms with Gasteiger partial charge in [-0.25, -0.2) is 0 Å². The Morgan fingerprint density at radius 3 is 2.36 bits per heavy atom. The molecule has 0 bridgehead atoms. The average molecular weight is 496 g/mol. The second-order valence-corrected chi connectivity index (χ2v) is 8.99. The number of nitrogens with zero attached hydrogens (tertiary/aromatic N) is 2. The molecule has 0 unspecified atom stereocenters. The molecule has 1 amide bonds. The van der Waals surface area contributed by atoms with E-state index in [2.05, 4.69) is 5.32 Å². The zero-order valence-electron chi connectivity index (χ0n) is 20.0. The summed E-state index contributed by atoms with van der Waals surface area (Å²) in [7, 11) is 0. The monoisotopic (exact) mass is 495 g/mol. The van der Waals surface area contributed by atoms with Gasteiger partial charge in [-0.3, -0.25) is 14.2 Å². The fourth-order valence-corrected chi connectivity index (χ4v) is 4.87. The lowest BCUT2D eigenvalue weighted by atomic mass is 10.1. The first kappa shape index (κ1) is 24.7. The van der Waals surface area contributed by atoms with Crippen molar-refractivity contribution >= 4 is 28.9 Å². The number of nitriles is 1. The Balaban J connectivity index is 1.91. The van der Waals surface area contributed by atoms with Crippen LogP contribution in [0, 0.1) is 11.3 Å². The summed E-state index contributed by atoms with van der Waals surface area (Å²) < 4.78 is 7.78. The van der Waals surface area contributed by atoms with Crippen molar-refractivity contribution < 1.29 is 9.53 Å². The number of hydrogen-bond acceptors (Lipinski definition) is 5. The molecule has 0 fully saturated rings. The summed E-state index contributed by atoms with van der Waals surface area (Å²) in [5.41, 5.74) is 1.79. The second kappa shape index (κ2) is 11.3. The third-order valence-electron chi connectivity index (χ3n) is 5.54. The van der Waals surface area contributed by atoms with Crippen LogP contribution in [0.5, 0.6) is 5.75 Å². The zero-order chi connectivity index (χ0) is 25.5. The van der Waals surface area contributed by atoms with Crippen molar-refractivity contribution in [2.75, 3.05) is 6.61 Å². The molecule has 7 heteroatoms. The van der Waals surface area contributed by atoms with Crippen molar-refractivity contribution in [3.8, 4) is 17.5 Å². The highest BCUT2D eigenvalue weighted by molar-refractivity contribution is 7.07. The van der Waals surface area contributed by atoms with Gasteiger partial charge in [0, 0.05) is 5.56 Å². The Hall–Kier alpha value is -4.41. The Morgan fingerprint density at radius 1 is 1.06 bits per heavy atom. The van der Waals surface area contributed by atoms with E-state index in [1.54, 1.807) is 30.3 Å². The van der Waals surface area contributed by atoms with Crippen LogP contribution in [-0.4, -0.2) is 17.1 Å². The van der Waals surface area contributed by atoms with E-state index in [1.165, 1.54) is 4.57 Å². The molecule has 0 aliphatic carbocycles. The van der Waals surface area contributed by atoms with Crippen LogP contribution in [0.25, 0.3) is 17.3 Å². The smallest absolute Gasteiger partial charge is 0.273 e. The number of amides is 1. The third-order valence-corrected chi connectivity index (χ3v) is 6.64. The molecule has 0 aliphatic heterocycles. The number of thiazole rings is 1. The van der Waals surface area contributed by atoms with E-state index in [4.69, 9.17) is 4.74 Å². The first-order chi connectivity index (χ1) is 17.5. The molecule has 36 heavy (non-hydrogen) atoms. The molecule has 1 heterocycles. The van der Waals surface area contributed by atoms with Gasteiger partial charge in [0.25, 0.3) is 11.5 Å². The van der Waals surface area contributed by atoms with E-state index < -0.39 is 5.91 Å². The van der Waals surface area contributed by atoms with Gasteiger partial charge in [-0.1, -0.05) is 66.7 Å². The molecule has 1 N–H and O–H groups in total. The van der Waals surface area contributed by atoms with E-state index in [0.29, 0.717) is 22.6 Å². The Labute approximate surface area is 213 Å². The standard InChI is InChI=1S/C29H25N3O3S/c1-3-35-25-17-11-10-14-22(25)18-26-28(34)32(23-15-8-5-9-16-23)29(36-26)24(19-30)27(33)31-20(2)21-12-6-4-7-13-21/h4-18,20H,3H2,1-2H3,(H,31,33)/b26-18+,29-24+/t20-/m1/s1. The number of rotatable bonds is 7. The van der Waals surface area contributed by atoms with Gasteiger partial charge < -0.3 is 10.1 Å². The highest BCUT2D eigenvalue weighted by atomic mass is 32.1. The minimum absolute atomic E-state index is 0.124. The molecular weight excluding hydrogens is 470 g/mol. The summed E-state index contributed by atoms with van der Waals surface area (Å²) in [6.45, 7) is 4.23. The van der Waals surface area contributed by atoms with Crippen LogP contribution in [0.1, 0.15) is 31.0 Å². The van der Waals surface area contributed by atoms with Gasteiger partial charge in [-0.15, -0.1) is 11.3 Å². The van der Waals surface area contributed by atoms with Crippen molar-refractivity contribution in [2.24, 2.45) is 0 Å². The number of hydrogen-bond donors (Lipinski definition) is 1. The lowest BCUT2D eigenvalue weighted by Gasteiger charge is -2.13. The fraction of sp³-hybridized carbons (Fsp3) is 0.138. The quantitative estimate of drug-likeness (QED) is 0.424. The Bertz CT molecular complexity index is 1580. The molecule has 6 nitrogen and oxygen atoms in total. The molecular formula is C29H25N3O3S. The highest BCUT2D eigenvalue weighted by Gasteiger charge is 2.19. The molecule has 1 atom stereocenters. The van der Waals surface area contributed by atoms with Crippen LogP contribution in [0.3, 0.4) is 0 Å². The van der Waals surface area contributed by atoms with E-state index in [9.17, 15) is 14.9 Å². The number of nitrogens with one attached hydrogen (secondary N) is 1. The maximum atomic E-state index is 13.6. The number of benzene rings is 3. The van der Waals surface area contributed by atoms with Gasteiger partial charge in [0.05, 0.1) is 22.9 Å². The maximum Gasteiger partial charge on any atom is 0.273 e. The van der Waals surface area contributed by atoms with E-state index in [0.717, 1.165) is 22.5 Å². The Kier molecular flexibility index (Phi) is 7.79. The van der Waals surface area contributed by atoms with Crippen molar-refractivity contribution in [3.05, 3.63) is 116 Å². The number of carbonyl (C=O) groups excluding carboxylic acids is 1. The first-order valence-electron chi connectivity index (χ1n) is 11.5. The van der Waals surface area contributed by atoms with Crippen LogP contribution < -0.4 is 24.8 Å². The summed E-state index contributed by atoms with van der Waals surface area (Å²) in [6, 6.07) is 27.6. The fourth-order valence-electron chi connectivity index (χ4n) is 3.78. The topological polar surface area (TPSA) is 84.1 Å². The van der Waals surface area contributed by atoms with Gasteiger partial charge >= 0.3 is 0 Å². The number of aromatic nitrogens is 1. The SMILES string of the molecule is CCOc1ccccc1/C=c1/s/c(=C(\C#N)C(=O)N[C@H](C)c2ccccc2)n(-c2ccccc2)c1=O. The lowest BCUT2D eigenvalue weighted by molar-refractivity contribution is -0.116. The van der Waals surface area contributed by atoms with Gasteiger partial charge in [-0.05, 0) is 43.7 Å². The molecule has 0 radical (unpaired) electrons. The Morgan fingerprint density at radius 2 is 1.69 bits per heavy atom. The molecule has 3 aromatic carbocycles. The van der Waals surface area contributed by atoms with E-state index >= 15 is 0 Å². The van der Waals surface area contributed by atoms with Crippen LogP contribution in [0.2, 0.25) is 0 Å². The molecule has 0 aliphatic rings. The van der Waals surface area contributed by atoms with Crippen LogP contribution in [0.15, 0.2) is 89.7 Å². The predicted octanol–water partition coefficient (Wildman–Crippen LogP) is 3.68. The molecule has 0 saturated carbocycles. The normalized spacial score (nSPS) is 13.0. The van der Waals surface area contributed by atoms with E-state index in [1.807, 2.05) is 80.6 Å². The highest BCUT2D eigenvalue weighted by Crippen LogP contribution is 2.18. The summed E-state index contributed by atoms with van der Waals surface area (Å²) in [4.78, 5) is 26.8. The van der Waals surface area contributed by atoms with Crippen molar-refractivity contribution in [2.45, 2.75) is 19.9 Å². The molecule has 0 saturated heterocycles. The van der Waals surface area contributed by atoms with Gasteiger partial charge in [0.15, 0.2) is 5.57 Å². The lowest BCUT2D eigenvalue weighted by Crippen LogP contribution is -2.34. The molecule has 4 aromatic rings. The van der Waals surface area contributed by atoms with Crippen LogP contribution >= 0.6 is 11.3 Å². The minimum Gasteiger partial charge on any atom is -0.493 e. The molecule has 1 aromatic heterocycles. The number of para-hydroxylation sites is 2. The zero-order valence-corrected chi connectivity index (χ0v) is 20.8. The summed E-state index contributed by atoms with van der Waals surface area (Å²) in [5.74, 6) is 0.112. The van der Waals surface area contributed by atoms with Gasteiger partial charge in [-0.2, -0.15) is 5.26 Å². The molecule has 4 rings (SSSR count). The average Bonchev–Trinajstić information content (AvgIpc) is 3.22. The summed E-state index contributed by atoms with van der Waals surface area (Å²) in [6.07, 6.45) is 1.74. The van der Waals surface area contributed by atoms with Crippen LogP contribution in [0.4, 0.5) is 0 Å². The van der Waals surface area contributed by atoms with Crippen molar-refractivity contribution in [1.82, 2.24) is 9.88 Å². The first-order valence-corrected chi connectivity index (χ1v) is 12.4.